The van der Waals surface area contributed by atoms with E-state index in [1.54, 1.807) is 7.11 Å². The third kappa shape index (κ3) is 4.96. The van der Waals surface area contributed by atoms with E-state index in [0.29, 0.717) is 18.7 Å². The maximum absolute atomic E-state index is 12.4. The number of anilines is 1. The van der Waals surface area contributed by atoms with E-state index in [1.807, 2.05) is 31.2 Å². The van der Waals surface area contributed by atoms with Gasteiger partial charge in [0.1, 0.15) is 5.75 Å². The molecule has 0 aromatic heterocycles. The second-order valence-electron chi connectivity index (χ2n) is 5.54. The number of hydrogen-bond donors (Lipinski definition) is 3. The Labute approximate surface area is 153 Å². The largest absolute Gasteiger partial charge is 0.497 e. The molecule has 2 aromatic rings. The van der Waals surface area contributed by atoms with Crippen molar-refractivity contribution in [3.05, 3.63) is 53.6 Å². The number of nitrogens with one attached hydrogen (secondary N) is 2. The van der Waals surface area contributed by atoms with E-state index in [1.165, 1.54) is 12.1 Å². The summed E-state index contributed by atoms with van der Waals surface area (Å²) in [6, 6.07) is 11.4. The van der Waals surface area contributed by atoms with Crippen molar-refractivity contribution < 1.29 is 23.1 Å². The molecule has 26 heavy (non-hydrogen) atoms. The Bertz CT molecular complexity index is 864. The van der Waals surface area contributed by atoms with Crippen LogP contribution in [-0.4, -0.2) is 39.7 Å². The van der Waals surface area contributed by atoms with Crippen LogP contribution in [0.25, 0.3) is 0 Å². The molecule has 2 aromatic carbocycles. The average molecular weight is 378 g/mol. The molecule has 3 N–H and O–H groups in total. The van der Waals surface area contributed by atoms with Gasteiger partial charge in [0.2, 0.25) is 10.0 Å². The number of hydrogen-bond acceptors (Lipinski definition) is 5. The van der Waals surface area contributed by atoms with Crippen LogP contribution in [0.1, 0.15) is 22.8 Å². The summed E-state index contributed by atoms with van der Waals surface area (Å²) in [4.78, 5) is 11.3. The van der Waals surface area contributed by atoms with Crippen molar-refractivity contribution in [2.24, 2.45) is 0 Å². The van der Waals surface area contributed by atoms with Gasteiger partial charge >= 0.3 is 5.97 Å². The van der Waals surface area contributed by atoms with Crippen LogP contribution >= 0.6 is 0 Å². The normalized spacial score (nSPS) is 11.2. The topological polar surface area (TPSA) is 105 Å². The fraction of sp³-hybridized carbons (Fsp3) is 0.278. The molecule has 140 valence electrons. The zero-order valence-electron chi connectivity index (χ0n) is 14.7. The van der Waals surface area contributed by atoms with Gasteiger partial charge in [0.05, 0.1) is 17.6 Å². The first kappa shape index (κ1) is 19.7. The lowest BCUT2D eigenvalue weighted by Gasteiger charge is -2.11. The van der Waals surface area contributed by atoms with Gasteiger partial charge in [0.15, 0.2) is 0 Å². The summed E-state index contributed by atoms with van der Waals surface area (Å²) >= 11 is 0. The van der Waals surface area contributed by atoms with Gasteiger partial charge in [0, 0.05) is 18.8 Å². The molecule has 0 saturated heterocycles. The first-order valence-corrected chi connectivity index (χ1v) is 9.59. The SMILES string of the molecule is CCNc1ccc(S(=O)(=O)NCCc2ccc(OC)cc2)cc1C(=O)O. The molecule has 7 nitrogen and oxygen atoms in total. The second-order valence-corrected chi connectivity index (χ2v) is 7.31. The van der Waals surface area contributed by atoms with Gasteiger partial charge in [-0.3, -0.25) is 0 Å². The molecule has 0 aliphatic carbocycles. The number of methoxy groups -OCH3 is 1. The van der Waals surface area contributed by atoms with E-state index >= 15 is 0 Å². The van der Waals surface area contributed by atoms with Crippen LogP contribution in [0, 0.1) is 0 Å². The van der Waals surface area contributed by atoms with Crippen LogP contribution in [0.4, 0.5) is 5.69 Å². The van der Waals surface area contributed by atoms with Crippen molar-refractivity contribution in [2.75, 3.05) is 25.5 Å². The molecule has 0 bridgehead atoms. The highest BCUT2D eigenvalue weighted by Gasteiger charge is 2.18. The molecule has 0 fully saturated rings. The van der Waals surface area contributed by atoms with E-state index in [9.17, 15) is 18.3 Å². The molecule has 0 aliphatic rings. The highest BCUT2D eigenvalue weighted by molar-refractivity contribution is 7.89. The van der Waals surface area contributed by atoms with Crippen LogP contribution in [0.3, 0.4) is 0 Å². The van der Waals surface area contributed by atoms with Crippen molar-refractivity contribution >= 4 is 21.7 Å². The van der Waals surface area contributed by atoms with Crippen LogP contribution in [-0.2, 0) is 16.4 Å². The van der Waals surface area contributed by atoms with Gasteiger partial charge in [0.25, 0.3) is 0 Å². The number of aromatic carboxylic acids is 1. The van der Waals surface area contributed by atoms with Gasteiger partial charge in [-0.2, -0.15) is 0 Å². The lowest BCUT2D eigenvalue weighted by molar-refractivity contribution is 0.0697. The first-order valence-electron chi connectivity index (χ1n) is 8.11. The average Bonchev–Trinajstić information content (AvgIpc) is 2.62. The smallest absolute Gasteiger partial charge is 0.337 e. The third-order valence-corrected chi connectivity index (χ3v) is 5.22. The highest BCUT2D eigenvalue weighted by Crippen LogP contribution is 2.20. The van der Waals surface area contributed by atoms with Crippen molar-refractivity contribution in [3.8, 4) is 5.75 Å². The Balaban J connectivity index is 2.08. The fourth-order valence-electron chi connectivity index (χ4n) is 2.42. The summed E-state index contributed by atoms with van der Waals surface area (Å²) in [7, 11) is -2.22. The molecule has 0 heterocycles. The van der Waals surface area contributed by atoms with Crippen LogP contribution < -0.4 is 14.8 Å². The Morgan fingerprint density at radius 3 is 2.42 bits per heavy atom. The summed E-state index contributed by atoms with van der Waals surface area (Å²) in [6.07, 6.45) is 0.504. The lowest BCUT2D eigenvalue weighted by Crippen LogP contribution is -2.26. The van der Waals surface area contributed by atoms with E-state index in [-0.39, 0.29) is 17.0 Å². The number of carboxylic acid groups (broad SMARTS) is 1. The lowest BCUT2D eigenvalue weighted by atomic mass is 10.1. The van der Waals surface area contributed by atoms with Crippen molar-refractivity contribution in [3.63, 3.8) is 0 Å². The van der Waals surface area contributed by atoms with Gasteiger partial charge in [-0.05, 0) is 49.2 Å². The summed E-state index contributed by atoms with van der Waals surface area (Å²) in [5.74, 6) is -0.451. The summed E-state index contributed by atoms with van der Waals surface area (Å²) in [6.45, 7) is 2.57. The first-order chi connectivity index (χ1) is 12.4. The number of benzene rings is 2. The van der Waals surface area contributed by atoms with E-state index in [2.05, 4.69) is 10.0 Å². The van der Waals surface area contributed by atoms with Gasteiger partial charge in [-0.1, -0.05) is 12.1 Å². The number of carboxylic acids is 1. The van der Waals surface area contributed by atoms with Crippen LogP contribution in [0.2, 0.25) is 0 Å². The molecule has 8 heteroatoms. The number of rotatable bonds is 9. The summed E-state index contributed by atoms with van der Waals surface area (Å²) in [5, 5.41) is 12.2. The molecule has 0 radical (unpaired) electrons. The zero-order chi connectivity index (χ0) is 19.2. The third-order valence-electron chi connectivity index (χ3n) is 3.76. The monoisotopic (exact) mass is 378 g/mol. The molecule has 0 aliphatic heterocycles. The molecular weight excluding hydrogens is 356 g/mol. The molecule has 2 rings (SSSR count). The predicted octanol–water partition coefficient (Wildman–Crippen LogP) is 2.35. The molecule has 0 atom stereocenters. The molecule has 0 saturated carbocycles. The Morgan fingerprint density at radius 1 is 1.15 bits per heavy atom. The minimum atomic E-state index is -3.80. The predicted molar refractivity (Wildman–Crippen MR) is 99.5 cm³/mol. The molecular formula is C18H22N2O5S. The Morgan fingerprint density at radius 2 is 1.85 bits per heavy atom. The van der Waals surface area contributed by atoms with E-state index in [0.717, 1.165) is 17.4 Å². The molecule has 0 spiro atoms. The van der Waals surface area contributed by atoms with Crippen LogP contribution in [0.15, 0.2) is 47.4 Å². The number of carbonyl (C=O) groups is 1. The minimum absolute atomic E-state index is 0.0775. The van der Waals surface area contributed by atoms with Crippen molar-refractivity contribution in [2.45, 2.75) is 18.2 Å². The van der Waals surface area contributed by atoms with Crippen molar-refractivity contribution in [1.29, 1.82) is 0 Å². The Hall–Kier alpha value is -2.58. The fourth-order valence-corrected chi connectivity index (χ4v) is 3.47. The Kier molecular flexibility index (Phi) is 6.59. The number of sulfonamides is 1. The quantitative estimate of drug-likeness (QED) is 0.619. The van der Waals surface area contributed by atoms with Crippen LogP contribution in [0.5, 0.6) is 5.75 Å². The summed E-state index contributed by atoms with van der Waals surface area (Å²) in [5.41, 5.74) is 1.27. The maximum Gasteiger partial charge on any atom is 0.337 e. The van der Waals surface area contributed by atoms with Gasteiger partial charge in [-0.15, -0.1) is 0 Å². The standard InChI is InChI=1S/C18H22N2O5S/c1-3-19-17-9-8-15(12-16(17)18(21)22)26(23,24)20-11-10-13-4-6-14(25-2)7-5-13/h4-9,12,19-20H,3,10-11H2,1-2H3,(H,21,22). The molecule has 0 unspecified atom stereocenters. The second kappa shape index (κ2) is 8.68. The van der Waals surface area contributed by atoms with E-state index in [4.69, 9.17) is 4.74 Å². The van der Waals surface area contributed by atoms with Gasteiger partial charge in [-0.25, -0.2) is 17.9 Å². The maximum atomic E-state index is 12.4. The molecule has 0 amide bonds. The zero-order valence-corrected chi connectivity index (χ0v) is 15.5. The van der Waals surface area contributed by atoms with Crippen molar-refractivity contribution in [1.82, 2.24) is 4.72 Å². The highest BCUT2D eigenvalue weighted by atomic mass is 32.2. The van der Waals surface area contributed by atoms with Gasteiger partial charge < -0.3 is 15.2 Å². The number of ether oxygens (including phenoxy) is 1. The van der Waals surface area contributed by atoms with E-state index < -0.39 is 16.0 Å². The minimum Gasteiger partial charge on any atom is -0.497 e. The summed E-state index contributed by atoms with van der Waals surface area (Å²) < 4.78 is 32.4.